The molecule has 0 radical (unpaired) electrons. The lowest BCUT2D eigenvalue weighted by atomic mass is 9.91. The molecule has 1 aromatic carbocycles. The van der Waals surface area contributed by atoms with Crippen LogP contribution in [0.1, 0.15) is 42.7 Å². The summed E-state index contributed by atoms with van der Waals surface area (Å²) in [6, 6.07) is 9.41. The fourth-order valence-electron chi connectivity index (χ4n) is 3.39. The Balaban J connectivity index is 1.52. The van der Waals surface area contributed by atoms with Gasteiger partial charge in [0, 0.05) is 13.1 Å². The Bertz CT molecular complexity index is 373. The molecule has 2 nitrogen and oxygen atoms in total. The van der Waals surface area contributed by atoms with Crippen LogP contribution in [0.3, 0.4) is 0 Å². The normalized spacial score (nSPS) is 24.7. The summed E-state index contributed by atoms with van der Waals surface area (Å²) in [5, 5.41) is 3.50. The van der Waals surface area contributed by atoms with Gasteiger partial charge in [-0.1, -0.05) is 24.3 Å². The Morgan fingerprint density at radius 1 is 1.05 bits per heavy atom. The van der Waals surface area contributed by atoms with Gasteiger partial charge in [-0.05, 0) is 68.8 Å². The second-order valence-electron chi connectivity index (χ2n) is 6.08. The van der Waals surface area contributed by atoms with Crippen molar-refractivity contribution in [3.63, 3.8) is 0 Å². The van der Waals surface area contributed by atoms with E-state index < -0.39 is 0 Å². The average molecular weight is 258 g/mol. The third kappa shape index (κ3) is 3.58. The van der Waals surface area contributed by atoms with Crippen LogP contribution in [-0.4, -0.2) is 37.6 Å². The summed E-state index contributed by atoms with van der Waals surface area (Å²) in [4.78, 5) is 2.60. The molecule has 0 aliphatic carbocycles. The second-order valence-corrected chi connectivity index (χ2v) is 6.08. The number of hydrogen-bond acceptors (Lipinski definition) is 2. The van der Waals surface area contributed by atoms with Gasteiger partial charge >= 0.3 is 0 Å². The molecule has 0 bridgehead atoms. The summed E-state index contributed by atoms with van der Waals surface area (Å²) in [5.41, 5.74) is 3.02. The Morgan fingerprint density at radius 3 is 2.53 bits per heavy atom. The molecule has 1 unspecified atom stereocenters. The highest BCUT2D eigenvalue weighted by Gasteiger charge is 2.15. The molecule has 2 saturated heterocycles. The van der Waals surface area contributed by atoms with Crippen LogP contribution in [0.5, 0.6) is 0 Å². The van der Waals surface area contributed by atoms with Crippen LogP contribution in [0, 0.1) is 0 Å². The molecule has 3 rings (SSSR count). The number of nitrogens with zero attached hydrogens (tertiary/aromatic N) is 1. The standard InChI is InChI=1S/C17H26N2/c1-2-12-19(11-1)13-9-15-5-7-16(8-6-15)17-4-3-10-18-14-17/h5-8,17-18H,1-4,9-14H2. The summed E-state index contributed by atoms with van der Waals surface area (Å²) < 4.78 is 0. The lowest BCUT2D eigenvalue weighted by Gasteiger charge is -2.23. The van der Waals surface area contributed by atoms with Gasteiger partial charge in [0.15, 0.2) is 0 Å². The monoisotopic (exact) mass is 258 g/mol. The maximum atomic E-state index is 3.50. The number of nitrogens with one attached hydrogen (secondary N) is 1. The van der Waals surface area contributed by atoms with Crippen molar-refractivity contribution in [3.8, 4) is 0 Å². The molecular weight excluding hydrogens is 232 g/mol. The molecule has 0 aromatic heterocycles. The van der Waals surface area contributed by atoms with E-state index in [-0.39, 0.29) is 0 Å². The molecule has 2 aliphatic rings. The lowest BCUT2D eigenvalue weighted by molar-refractivity contribution is 0.343. The topological polar surface area (TPSA) is 15.3 Å². The fourth-order valence-corrected chi connectivity index (χ4v) is 3.39. The Hall–Kier alpha value is -0.860. The molecule has 1 atom stereocenters. The SMILES string of the molecule is c1cc(C2CCCNC2)ccc1CCN1CCCC1. The van der Waals surface area contributed by atoms with E-state index in [2.05, 4.69) is 34.5 Å². The van der Waals surface area contributed by atoms with E-state index in [4.69, 9.17) is 0 Å². The average Bonchev–Trinajstić information content (AvgIpc) is 3.00. The van der Waals surface area contributed by atoms with Crippen molar-refractivity contribution < 1.29 is 0 Å². The van der Waals surface area contributed by atoms with E-state index in [0.29, 0.717) is 0 Å². The van der Waals surface area contributed by atoms with Crippen molar-refractivity contribution in [1.82, 2.24) is 10.2 Å². The molecule has 19 heavy (non-hydrogen) atoms. The van der Waals surface area contributed by atoms with Gasteiger partial charge in [-0.15, -0.1) is 0 Å². The van der Waals surface area contributed by atoms with Crippen LogP contribution >= 0.6 is 0 Å². The quantitative estimate of drug-likeness (QED) is 0.893. The summed E-state index contributed by atoms with van der Waals surface area (Å²) in [7, 11) is 0. The molecular formula is C17H26N2. The van der Waals surface area contributed by atoms with E-state index >= 15 is 0 Å². The lowest BCUT2D eigenvalue weighted by Crippen LogP contribution is -2.28. The number of likely N-dealkylation sites (tertiary alicyclic amines) is 1. The zero-order valence-corrected chi connectivity index (χ0v) is 11.9. The van der Waals surface area contributed by atoms with Crippen molar-refractivity contribution in [2.45, 2.75) is 38.0 Å². The summed E-state index contributed by atoms with van der Waals surface area (Å²) >= 11 is 0. The highest BCUT2D eigenvalue weighted by atomic mass is 15.1. The molecule has 0 saturated carbocycles. The first-order valence-corrected chi connectivity index (χ1v) is 7.94. The van der Waals surface area contributed by atoms with Crippen LogP contribution in [0.2, 0.25) is 0 Å². The smallest absolute Gasteiger partial charge is 0.00218 e. The molecule has 2 heterocycles. The number of piperidine rings is 1. The van der Waals surface area contributed by atoms with Crippen molar-refractivity contribution >= 4 is 0 Å². The van der Waals surface area contributed by atoms with Gasteiger partial charge in [0.2, 0.25) is 0 Å². The fraction of sp³-hybridized carbons (Fsp3) is 0.647. The zero-order valence-electron chi connectivity index (χ0n) is 11.9. The number of hydrogen-bond donors (Lipinski definition) is 1. The van der Waals surface area contributed by atoms with Crippen molar-refractivity contribution in [2.24, 2.45) is 0 Å². The molecule has 1 N–H and O–H groups in total. The van der Waals surface area contributed by atoms with E-state index in [0.717, 1.165) is 12.5 Å². The van der Waals surface area contributed by atoms with E-state index in [1.807, 2.05) is 0 Å². The van der Waals surface area contributed by atoms with Gasteiger partial charge in [0.1, 0.15) is 0 Å². The Morgan fingerprint density at radius 2 is 1.84 bits per heavy atom. The molecule has 1 aromatic rings. The highest BCUT2D eigenvalue weighted by molar-refractivity contribution is 5.26. The summed E-state index contributed by atoms with van der Waals surface area (Å²) in [5.74, 6) is 0.737. The predicted molar refractivity (Wildman–Crippen MR) is 80.7 cm³/mol. The maximum Gasteiger partial charge on any atom is 0.00218 e. The maximum absolute atomic E-state index is 3.50. The zero-order chi connectivity index (χ0) is 12.9. The molecule has 2 aliphatic heterocycles. The highest BCUT2D eigenvalue weighted by Crippen LogP contribution is 2.23. The predicted octanol–water partition coefficient (Wildman–Crippen LogP) is 2.79. The first-order chi connectivity index (χ1) is 9.42. The number of rotatable bonds is 4. The van der Waals surface area contributed by atoms with Crippen molar-refractivity contribution in [2.75, 3.05) is 32.7 Å². The Labute approximate surface area is 117 Å². The van der Waals surface area contributed by atoms with Gasteiger partial charge in [-0.3, -0.25) is 0 Å². The van der Waals surface area contributed by atoms with Crippen LogP contribution in [0.15, 0.2) is 24.3 Å². The van der Waals surface area contributed by atoms with Gasteiger partial charge in [0.05, 0.1) is 0 Å². The molecule has 2 fully saturated rings. The first kappa shape index (κ1) is 13.1. The van der Waals surface area contributed by atoms with Crippen molar-refractivity contribution in [1.29, 1.82) is 0 Å². The molecule has 2 heteroatoms. The van der Waals surface area contributed by atoms with Crippen LogP contribution in [0.25, 0.3) is 0 Å². The largest absolute Gasteiger partial charge is 0.316 e. The van der Waals surface area contributed by atoms with E-state index in [1.54, 1.807) is 0 Å². The summed E-state index contributed by atoms with van der Waals surface area (Å²) in [6.45, 7) is 6.22. The van der Waals surface area contributed by atoms with Gasteiger partial charge in [0.25, 0.3) is 0 Å². The van der Waals surface area contributed by atoms with Crippen LogP contribution < -0.4 is 5.32 Å². The minimum absolute atomic E-state index is 0.737. The van der Waals surface area contributed by atoms with E-state index in [1.165, 1.54) is 69.4 Å². The minimum Gasteiger partial charge on any atom is -0.316 e. The minimum atomic E-state index is 0.737. The van der Waals surface area contributed by atoms with Crippen LogP contribution in [-0.2, 0) is 6.42 Å². The first-order valence-electron chi connectivity index (χ1n) is 7.94. The van der Waals surface area contributed by atoms with Crippen molar-refractivity contribution in [3.05, 3.63) is 35.4 Å². The van der Waals surface area contributed by atoms with E-state index in [9.17, 15) is 0 Å². The number of benzene rings is 1. The molecule has 104 valence electrons. The third-order valence-corrected chi connectivity index (χ3v) is 4.66. The van der Waals surface area contributed by atoms with Gasteiger partial charge < -0.3 is 10.2 Å². The van der Waals surface area contributed by atoms with Crippen LogP contribution in [0.4, 0.5) is 0 Å². The molecule has 0 spiro atoms. The Kier molecular flexibility index (Phi) is 4.52. The van der Waals surface area contributed by atoms with Gasteiger partial charge in [-0.25, -0.2) is 0 Å². The van der Waals surface area contributed by atoms with Gasteiger partial charge in [-0.2, -0.15) is 0 Å². The summed E-state index contributed by atoms with van der Waals surface area (Å²) in [6.07, 6.45) is 6.67. The third-order valence-electron chi connectivity index (χ3n) is 4.66. The molecule has 0 amide bonds. The second kappa shape index (κ2) is 6.53.